The van der Waals surface area contributed by atoms with Crippen molar-refractivity contribution in [1.29, 1.82) is 0 Å². The number of hydrogen-bond donors (Lipinski definition) is 1. The van der Waals surface area contributed by atoms with Gasteiger partial charge in [-0.15, -0.1) is 0 Å². The van der Waals surface area contributed by atoms with Crippen molar-refractivity contribution < 1.29 is 14.8 Å². The van der Waals surface area contributed by atoms with Gasteiger partial charge in [-0.3, -0.25) is 10.1 Å². The third-order valence-corrected chi connectivity index (χ3v) is 3.44. The number of aliphatic hydroxyl groups excluding tert-OH is 1. The van der Waals surface area contributed by atoms with E-state index in [-0.39, 0.29) is 11.3 Å². The topological polar surface area (TPSA) is 75.8 Å². The van der Waals surface area contributed by atoms with Crippen LogP contribution in [0.15, 0.2) is 18.2 Å². The molecule has 1 heterocycles. The van der Waals surface area contributed by atoms with Gasteiger partial charge in [0.2, 0.25) is 0 Å². The highest BCUT2D eigenvalue weighted by Crippen LogP contribution is 2.33. The van der Waals surface area contributed by atoms with Crippen LogP contribution in [0.3, 0.4) is 0 Å². The molecule has 20 heavy (non-hydrogen) atoms. The lowest BCUT2D eigenvalue weighted by atomic mass is 10.0. The van der Waals surface area contributed by atoms with Crippen LogP contribution in [0.1, 0.15) is 32.4 Å². The van der Waals surface area contributed by atoms with E-state index in [9.17, 15) is 15.2 Å². The van der Waals surface area contributed by atoms with Crippen LogP contribution in [-0.4, -0.2) is 35.3 Å². The summed E-state index contributed by atoms with van der Waals surface area (Å²) in [6.07, 6.45) is -0.719. The number of morpholine rings is 1. The van der Waals surface area contributed by atoms with Crippen molar-refractivity contribution >= 4 is 11.4 Å². The molecule has 0 spiro atoms. The molecule has 6 nitrogen and oxygen atoms in total. The van der Waals surface area contributed by atoms with Crippen LogP contribution < -0.4 is 4.90 Å². The van der Waals surface area contributed by atoms with E-state index in [0.717, 1.165) is 0 Å². The quantitative estimate of drug-likeness (QED) is 0.679. The molecular weight excluding hydrogens is 260 g/mol. The van der Waals surface area contributed by atoms with Crippen molar-refractivity contribution in [3.05, 3.63) is 33.9 Å². The number of aliphatic hydroxyl groups is 1. The number of benzene rings is 1. The summed E-state index contributed by atoms with van der Waals surface area (Å²) in [4.78, 5) is 12.8. The highest BCUT2D eigenvalue weighted by molar-refractivity contribution is 5.65. The first-order chi connectivity index (χ1) is 9.30. The van der Waals surface area contributed by atoms with E-state index in [1.165, 1.54) is 6.07 Å². The first kappa shape index (κ1) is 14.7. The summed E-state index contributed by atoms with van der Waals surface area (Å²) in [5.41, 5.74) is 0.833. The number of nitrogens with zero attached hydrogens (tertiary/aromatic N) is 2. The van der Waals surface area contributed by atoms with Crippen molar-refractivity contribution in [3.63, 3.8) is 0 Å². The summed E-state index contributed by atoms with van der Waals surface area (Å²) < 4.78 is 5.63. The Kier molecular flexibility index (Phi) is 3.96. The SMILES string of the molecule is CC(O)c1ccc(N2CCOC(C)(C)C2)c([N+](=O)[O-])c1. The number of nitro benzene ring substituents is 1. The molecule has 0 aliphatic carbocycles. The predicted molar refractivity (Wildman–Crippen MR) is 76.0 cm³/mol. The summed E-state index contributed by atoms with van der Waals surface area (Å²) in [6.45, 7) is 7.30. The normalized spacial score (nSPS) is 19.7. The van der Waals surface area contributed by atoms with Gasteiger partial charge >= 0.3 is 0 Å². The van der Waals surface area contributed by atoms with E-state index < -0.39 is 11.0 Å². The molecule has 0 aromatic heterocycles. The summed E-state index contributed by atoms with van der Waals surface area (Å²) in [7, 11) is 0. The summed E-state index contributed by atoms with van der Waals surface area (Å²) in [6, 6.07) is 4.89. The Morgan fingerprint density at radius 2 is 2.20 bits per heavy atom. The predicted octanol–water partition coefficient (Wildman–Crippen LogP) is 2.26. The minimum Gasteiger partial charge on any atom is -0.389 e. The third-order valence-electron chi connectivity index (χ3n) is 3.44. The molecule has 1 aliphatic rings. The van der Waals surface area contributed by atoms with Crippen molar-refractivity contribution in [1.82, 2.24) is 0 Å². The van der Waals surface area contributed by atoms with Crippen LogP contribution in [-0.2, 0) is 4.74 Å². The second-order valence-corrected chi connectivity index (χ2v) is 5.71. The smallest absolute Gasteiger partial charge is 0.292 e. The second kappa shape index (κ2) is 5.38. The van der Waals surface area contributed by atoms with Gasteiger partial charge in [-0.2, -0.15) is 0 Å². The number of anilines is 1. The van der Waals surface area contributed by atoms with Gasteiger partial charge < -0.3 is 14.7 Å². The zero-order valence-electron chi connectivity index (χ0n) is 12.0. The van der Waals surface area contributed by atoms with Gasteiger partial charge in [0.05, 0.1) is 23.2 Å². The third kappa shape index (κ3) is 3.08. The highest BCUT2D eigenvalue weighted by atomic mass is 16.6. The Morgan fingerprint density at radius 1 is 1.50 bits per heavy atom. The fourth-order valence-corrected chi connectivity index (χ4v) is 2.44. The molecule has 1 aliphatic heterocycles. The van der Waals surface area contributed by atoms with Gasteiger partial charge in [-0.25, -0.2) is 0 Å². The molecular formula is C14H20N2O4. The molecule has 1 N–H and O–H groups in total. The first-order valence-corrected chi connectivity index (χ1v) is 6.65. The Labute approximate surface area is 118 Å². The molecule has 0 amide bonds. The van der Waals surface area contributed by atoms with E-state index in [1.807, 2.05) is 18.7 Å². The Morgan fingerprint density at radius 3 is 2.75 bits per heavy atom. The van der Waals surface area contributed by atoms with Gasteiger partial charge in [0.25, 0.3) is 5.69 Å². The van der Waals surface area contributed by atoms with Gasteiger partial charge in [0.15, 0.2) is 0 Å². The lowest BCUT2D eigenvalue weighted by molar-refractivity contribution is -0.384. The molecule has 1 fully saturated rings. The molecule has 1 saturated heterocycles. The Hall–Kier alpha value is -1.66. The summed E-state index contributed by atoms with van der Waals surface area (Å²) in [5.74, 6) is 0. The second-order valence-electron chi connectivity index (χ2n) is 5.71. The molecule has 0 saturated carbocycles. The maximum absolute atomic E-state index is 11.3. The molecule has 110 valence electrons. The minimum atomic E-state index is -0.719. The number of nitro groups is 1. The fraction of sp³-hybridized carbons (Fsp3) is 0.571. The number of rotatable bonds is 3. The molecule has 2 rings (SSSR count). The Balaban J connectivity index is 2.38. The van der Waals surface area contributed by atoms with Crippen LogP contribution in [0.5, 0.6) is 0 Å². The maximum Gasteiger partial charge on any atom is 0.292 e. The monoisotopic (exact) mass is 280 g/mol. The standard InChI is InChI=1S/C14H20N2O4/c1-10(17)11-4-5-12(13(8-11)16(18)19)15-6-7-20-14(2,3)9-15/h4-5,8,10,17H,6-7,9H2,1-3H3. The van der Waals surface area contributed by atoms with E-state index in [2.05, 4.69) is 0 Å². The largest absolute Gasteiger partial charge is 0.389 e. The van der Waals surface area contributed by atoms with Crippen LogP contribution >= 0.6 is 0 Å². The summed E-state index contributed by atoms with van der Waals surface area (Å²) >= 11 is 0. The van der Waals surface area contributed by atoms with Crippen molar-refractivity contribution in [2.45, 2.75) is 32.5 Å². The van der Waals surface area contributed by atoms with Gasteiger partial charge in [0, 0.05) is 19.2 Å². The van der Waals surface area contributed by atoms with Crippen LogP contribution in [0.2, 0.25) is 0 Å². The van der Waals surface area contributed by atoms with E-state index >= 15 is 0 Å². The lowest BCUT2D eigenvalue weighted by Gasteiger charge is -2.39. The van der Waals surface area contributed by atoms with Crippen molar-refractivity contribution in [2.75, 3.05) is 24.6 Å². The maximum atomic E-state index is 11.3. The number of hydrogen-bond acceptors (Lipinski definition) is 5. The molecule has 6 heteroatoms. The van der Waals surface area contributed by atoms with Crippen molar-refractivity contribution in [2.24, 2.45) is 0 Å². The fourth-order valence-electron chi connectivity index (χ4n) is 2.44. The van der Waals surface area contributed by atoms with E-state index in [1.54, 1.807) is 19.1 Å². The first-order valence-electron chi connectivity index (χ1n) is 6.65. The molecule has 0 bridgehead atoms. The molecule has 1 atom stereocenters. The summed E-state index contributed by atoms with van der Waals surface area (Å²) in [5, 5.41) is 20.8. The Bertz CT molecular complexity index is 514. The number of ether oxygens (including phenoxy) is 1. The van der Waals surface area contributed by atoms with Gasteiger partial charge in [-0.1, -0.05) is 6.07 Å². The minimum absolute atomic E-state index is 0.0288. The lowest BCUT2D eigenvalue weighted by Crippen LogP contribution is -2.48. The molecule has 1 aromatic carbocycles. The van der Waals surface area contributed by atoms with Gasteiger partial charge in [-0.05, 0) is 32.4 Å². The van der Waals surface area contributed by atoms with Crippen molar-refractivity contribution in [3.8, 4) is 0 Å². The average Bonchev–Trinajstić information content (AvgIpc) is 2.36. The molecule has 1 unspecified atom stereocenters. The highest BCUT2D eigenvalue weighted by Gasteiger charge is 2.30. The van der Waals surface area contributed by atoms with Gasteiger partial charge in [0.1, 0.15) is 5.69 Å². The van der Waals surface area contributed by atoms with E-state index in [4.69, 9.17) is 4.74 Å². The zero-order chi connectivity index (χ0) is 14.9. The van der Waals surface area contributed by atoms with Crippen LogP contribution in [0, 0.1) is 10.1 Å². The average molecular weight is 280 g/mol. The van der Waals surface area contributed by atoms with Crippen LogP contribution in [0.25, 0.3) is 0 Å². The van der Waals surface area contributed by atoms with E-state index in [0.29, 0.717) is 30.9 Å². The molecule has 0 radical (unpaired) electrons. The molecule has 1 aromatic rings. The van der Waals surface area contributed by atoms with Crippen LogP contribution in [0.4, 0.5) is 11.4 Å². The zero-order valence-corrected chi connectivity index (χ0v) is 12.0.